The Morgan fingerprint density at radius 2 is 1.29 bits per heavy atom. The van der Waals surface area contributed by atoms with Crippen LogP contribution in [-0.2, 0) is 19.9 Å². The summed E-state index contributed by atoms with van der Waals surface area (Å²) in [6, 6.07) is 16.8. The highest BCUT2D eigenvalue weighted by Crippen LogP contribution is 2.38. The molecule has 0 bridgehead atoms. The number of nitrogens with one attached hydrogen (secondary N) is 1. The zero-order chi connectivity index (χ0) is 20.5. The molecule has 0 fully saturated rings. The summed E-state index contributed by atoms with van der Waals surface area (Å²) in [5.41, 5.74) is 0.450. The van der Waals surface area contributed by atoms with Crippen LogP contribution in [0.4, 0.5) is 5.69 Å². The van der Waals surface area contributed by atoms with Gasteiger partial charge in [0.1, 0.15) is 10.6 Å². The maximum atomic E-state index is 13.1. The predicted molar refractivity (Wildman–Crippen MR) is 107 cm³/mol. The molecule has 3 rings (SSSR count). The molecule has 8 heteroatoms. The molecular weight excluding hydrogens is 398 g/mol. The summed E-state index contributed by atoms with van der Waals surface area (Å²) in [5, 5.41) is 10.5. The normalized spacial score (nSPS) is 11.9. The van der Waals surface area contributed by atoms with Gasteiger partial charge in [0.25, 0.3) is 10.0 Å². The molecule has 0 aromatic heterocycles. The topological polar surface area (TPSA) is 101 Å². The van der Waals surface area contributed by atoms with Gasteiger partial charge in [0, 0.05) is 0 Å². The highest BCUT2D eigenvalue weighted by molar-refractivity contribution is 7.93. The van der Waals surface area contributed by atoms with E-state index in [1.54, 1.807) is 36.4 Å². The molecule has 0 saturated carbocycles. The van der Waals surface area contributed by atoms with Gasteiger partial charge in [-0.2, -0.15) is 0 Å². The number of rotatable bonds is 5. The molecule has 146 valence electrons. The standard InChI is InChI=1S/C20H19NO5S2/c1-14-13-18(21-28(25,26)17-11-7-4-8-12-17)15(2)20(19(14)22)27(23,24)16-9-5-3-6-10-16/h3-13,21-22H,1-2H3. The van der Waals surface area contributed by atoms with E-state index in [-0.39, 0.29) is 31.5 Å². The van der Waals surface area contributed by atoms with Crippen LogP contribution in [0.15, 0.2) is 81.4 Å². The van der Waals surface area contributed by atoms with Crippen molar-refractivity contribution in [2.75, 3.05) is 4.72 Å². The molecule has 6 nitrogen and oxygen atoms in total. The number of anilines is 1. The van der Waals surface area contributed by atoms with Crippen LogP contribution in [0.25, 0.3) is 0 Å². The highest BCUT2D eigenvalue weighted by atomic mass is 32.2. The molecule has 2 N–H and O–H groups in total. The Morgan fingerprint density at radius 1 is 0.786 bits per heavy atom. The summed E-state index contributed by atoms with van der Waals surface area (Å²) in [6.45, 7) is 2.97. The Morgan fingerprint density at radius 3 is 1.82 bits per heavy atom. The van der Waals surface area contributed by atoms with Gasteiger partial charge in [0.05, 0.1) is 15.5 Å². The number of aromatic hydroxyl groups is 1. The fourth-order valence-corrected chi connectivity index (χ4v) is 5.64. The molecular formula is C20H19NO5S2. The lowest BCUT2D eigenvalue weighted by Crippen LogP contribution is -2.15. The quantitative estimate of drug-likeness (QED) is 0.617. The highest BCUT2D eigenvalue weighted by Gasteiger charge is 2.28. The van der Waals surface area contributed by atoms with Gasteiger partial charge < -0.3 is 5.11 Å². The van der Waals surface area contributed by atoms with E-state index in [0.717, 1.165) is 0 Å². The average molecular weight is 418 g/mol. The average Bonchev–Trinajstić information content (AvgIpc) is 2.67. The van der Waals surface area contributed by atoms with Crippen LogP contribution in [0, 0.1) is 13.8 Å². The number of sulfonamides is 1. The molecule has 28 heavy (non-hydrogen) atoms. The van der Waals surface area contributed by atoms with E-state index < -0.39 is 25.6 Å². The Labute approximate surface area is 164 Å². The van der Waals surface area contributed by atoms with Crippen molar-refractivity contribution >= 4 is 25.5 Å². The van der Waals surface area contributed by atoms with Gasteiger partial charge in [-0.3, -0.25) is 4.72 Å². The Balaban J connectivity index is 2.17. The van der Waals surface area contributed by atoms with Gasteiger partial charge >= 0.3 is 0 Å². The van der Waals surface area contributed by atoms with Crippen LogP contribution in [0.2, 0.25) is 0 Å². The number of benzene rings is 3. The lowest BCUT2D eigenvalue weighted by Gasteiger charge is -2.17. The number of phenols is 1. The first-order valence-electron chi connectivity index (χ1n) is 8.36. The number of aryl methyl sites for hydroxylation is 1. The number of phenolic OH excluding ortho intramolecular Hbond substituents is 1. The van der Waals surface area contributed by atoms with E-state index in [1.807, 2.05) is 0 Å². The van der Waals surface area contributed by atoms with Crippen LogP contribution >= 0.6 is 0 Å². The van der Waals surface area contributed by atoms with E-state index in [2.05, 4.69) is 4.72 Å². The predicted octanol–water partition coefficient (Wildman–Crippen LogP) is 3.64. The first kappa shape index (κ1) is 19.9. The van der Waals surface area contributed by atoms with Crippen molar-refractivity contribution in [1.82, 2.24) is 0 Å². The molecule has 0 atom stereocenters. The van der Waals surface area contributed by atoms with Crippen molar-refractivity contribution in [2.45, 2.75) is 28.5 Å². The van der Waals surface area contributed by atoms with Gasteiger partial charge in [-0.15, -0.1) is 0 Å². The van der Waals surface area contributed by atoms with E-state index in [9.17, 15) is 21.9 Å². The third-order valence-electron chi connectivity index (χ3n) is 4.31. The molecule has 0 saturated heterocycles. The van der Waals surface area contributed by atoms with E-state index in [0.29, 0.717) is 0 Å². The summed E-state index contributed by atoms with van der Waals surface area (Å²) in [6.07, 6.45) is 0. The van der Waals surface area contributed by atoms with Crippen molar-refractivity contribution in [1.29, 1.82) is 0 Å². The van der Waals surface area contributed by atoms with Gasteiger partial charge in [0.2, 0.25) is 9.84 Å². The van der Waals surface area contributed by atoms with Crippen LogP contribution in [0.1, 0.15) is 11.1 Å². The first-order chi connectivity index (χ1) is 13.1. The number of hydrogen-bond acceptors (Lipinski definition) is 5. The largest absolute Gasteiger partial charge is 0.506 e. The van der Waals surface area contributed by atoms with Gasteiger partial charge in [-0.1, -0.05) is 36.4 Å². The fraction of sp³-hybridized carbons (Fsp3) is 0.100. The van der Waals surface area contributed by atoms with Crippen LogP contribution in [0.5, 0.6) is 5.75 Å². The van der Waals surface area contributed by atoms with Gasteiger partial charge in [-0.05, 0) is 55.3 Å². The van der Waals surface area contributed by atoms with Crippen LogP contribution < -0.4 is 4.72 Å². The molecule has 3 aromatic rings. The van der Waals surface area contributed by atoms with Crippen molar-refractivity contribution < 1.29 is 21.9 Å². The summed E-state index contributed by atoms with van der Waals surface area (Å²) >= 11 is 0. The van der Waals surface area contributed by atoms with Crippen molar-refractivity contribution in [2.24, 2.45) is 0 Å². The van der Waals surface area contributed by atoms with Crippen molar-refractivity contribution in [3.63, 3.8) is 0 Å². The van der Waals surface area contributed by atoms with Gasteiger partial charge in [0.15, 0.2) is 0 Å². The van der Waals surface area contributed by atoms with Crippen LogP contribution in [-0.4, -0.2) is 21.9 Å². The van der Waals surface area contributed by atoms with Gasteiger partial charge in [-0.25, -0.2) is 16.8 Å². The fourth-order valence-electron chi connectivity index (χ4n) is 2.83. The summed E-state index contributed by atoms with van der Waals surface area (Å²) in [5.74, 6) is -0.399. The molecule has 0 unspecified atom stereocenters. The molecule has 0 radical (unpaired) electrons. The Kier molecular flexibility index (Phi) is 5.18. The lowest BCUT2D eigenvalue weighted by molar-refractivity contribution is 0.453. The summed E-state index contributed by atoms with van der Waals surface area (Å²) < 4.78 is 53.9. The third-order valence-corrected chi connectivity index (χ3v) is 7.63. The van der Waals surface area contributed by atoms with Crippen LogP contribution in [0.3, 0.4) is 0 Å². The molecule has 0 aliphatic heterocycles. The smallest absolute Gasteiger partial charge is 0.261 e. The monoisotopic (exact) mass is 417 g/mol. The molecule has 3 aromatic carbocycles. The Bertz CT molecular complexity index is 1220. The number of sulfone groups is 1. The second-order valence-electron chi connectivity index (χ2n) is 6.28. The second kappa shape index (κ2) is 7.29. The second-order valence-corrected chi connectivity index (χ2v) is 9.85. The minimum atomic E-state index is -4.05. The zero-order valence-corrected chi connectivity index (χ0v) is 16.9. The SMILES string of the molecule is Cc1cc(NS(=O)(=O)c2ccccc2)c(C)c(S(=O)(=O)c2ccccc2)c1O. The lowest BCUT2D eigenvalue weighted by atomic mass is 10.1. The Hall–Kier alpha value is -2.84. The van der Waals surface area contributed by atoms with E-state index >= 15 is 0 Å². The molecule has 0 amide bonds. The zero-order valence-electron chi connectivity index (χ0n) is 15.2. The minimum Gasteiger partial charge on any atom is -0.506 e. The summed E-state index contributed by atoms with van der Waals surface area (Å²) in [4.78, 5) is -0.257. The first-order valence-corrected chi connectivity index (χ1v) is 11.3. The number of hydrogen-bond donors (Lipinski definition) is 2. The van der Waals surface area contributed by atoms with E-state index in [4.69, 9.17) is 0 Å². The maximum Gasteiger partial charge on any atom is 0.261 e. The van der Waals surface area contributed by atoms with E-state index in [1.165, 1.54) is 44.2 Å². The summed E-state index contributed by atoms with van der Waals surface area (Å²) in [7, 11) is -7.97. The minimum absolute atomic E-state index is 0.0101. The molecule has 0 aliphatic carbocycles. The molecule has 0 aliphatic rings. The molecule has 0 spiro atoms. The maximum absolute atomic E-state index is 13.1. The van der Waals surface area contributed by atoms with Crippen molar-refractivity contribution in [3.05, 3.63) is 77.9 Å². The third kappa shape index (κ3) is 3.61. The van der Waals surface area contributed by atoms with Crippen molar-refractivity contribution in [3.8, 4) is 5.75 Å². The molecule has 0 heterocycles.